The molecule has 0 aromatic heterocycles. The van der Waals surface area contributed by atoms with Gasteiger partial charge in [0.15, 0.2) is 0 Å². The van der Waals surface area contributed by atoms with Crippen molar-refractivity contribution in [1.29, 1.82) is 0 Å². The van der Waals surface area contributed by atoms with Crippen LogP contribution in [0.1, 0.15) is 33.1 Å². The van der Waals surface area contributed by atoms with Gasteiger partial charge in [0.2, 0.25) is 5.91 Å². The molecule has 0 heterocycles. The van der Waals surface area contributed by atoms with Crippen molar-refractivity contribution in [2.45, 2.75) is 33.1 Å². The molecule has 2 heteroatoms. The minimum atomic E-state index is 0.288. The average Bonchev–Trinajstić information content (AvgIpc) is 2.88. The third-order valence-corrected chi connectivity index (χ3v) is 3.24. The van der Waals surface area contributed by atoms with Gasteiger partial charge in [-0.05, 0) is 30.6 Å². The Morgan fingerprint density at radius 2 is 2.17 bits per heavy atom. The van der Waals surface area contributed by atoms with Crippen LogP contribution in [0.25, 0.3) is 0 Å². The third-order valence-electron chi connectivity index (χ3n) is 3.24. The Hall–Kier alpha value is -0.530. The number of hydrogen-bond donors (Lipinski definition) is 1. The molecule has 2 aliphatic rings. The van der Waals surface area contributed by atoms with E-state index in [1.165, 1.54) is 12.8 Å². The van der Waals surface area contributed by atoms with Gasteiger partial charge in [-0.15, -0.1) is 0 Å². The maximum Gasteiger partial charge on any atom is 0.223 e. The summed E-state index contributed by atoms with van der Waals surface area (Å²) in [4.78, 5) is 11.4. The second-order valence-electron chi connectivity index (χ2n) is 4.85. The van der Waals surface area contributed by atoms with E-state index >= 15 is 0 Å². The highest BCUT2D eigenvalue weighted by Crippen LogP contribution is 2.44. The molecule has 2 rings (SSSR count). The predicted molar refractivity (Wildman–Crippen MR) is 47.6 cm³/mol. The van der Waals surface area contributed by atoms with Crippen LogP contribution in [0.2, 0.25) is 0 Å². The number of carbonyl (C=O) groups excluding carboxylic acids is 1. The molecule has 0 saturated heterocycles. The van der Waals surface area contributed by atoms with Gasteiger partial charge < -0.3 is 5.32 Å². The smallest absolute Gasteiger partial charge is 0.223 e. The summed E-state index contributed by atoms with van der Waals surface area (Å²) in [7, 11) is 0. The Bertz CT molecular complexity index is 208. The Labute approximate surface area is 73.7 Å². The number of carbonyl (C=O) groups is 1. The first-order valence-electron chi connectivity index (χ1n) is 4.88. The maximum absolute atomic E-state index is 11.4. The molecule has 2 nitrogen and oxygen atoms in total. The highest BCUT2D eigenvalue weighted by molar-refractivity contribution is 5.81. The van der Waals surface area contributed by atoms with Gasteiger partial charge >= 0.3 is 0 Å². The summed E-state index contributed by atoms with van der Waals surface area (Å²) in [5.41, 5.74) is 0.452. The van der Waals surface area contributed by atoms with E-state index in [9.17, 15) is 4.79 Å². The molecule has 1 amide bonds. The van der Waals surface area contributed by atoms with Gasteiger partial charge in [-0.3, -0.25) is 4.79 Å². The quantitative estimate of drug-likeness (QED) is 0.679. The topological polar surface area (TPSA) is 29.1 Å². The molecule has 2 fully saturated rings. The Morgan fingerprint density at radius 1 is 1.58 bits per heavy atom. The summed E-state index contributed by atoms with van der Waals surface area (Å²) in [6.45, 7) is 5.28. The molecule has 12 heavy (non-hydrogen) atoms. The standard InChI is InChI=1S/C10H17NO/c1-7-5-8(7)9(12)11-6-10(2)3-4-10/h7-8H,3-6H2,1-2H3,(H,11,12)/t7-,8-/m0/s1. The van der Waals surface area contributed by atoms with Crippen LogP contribution in [0.15, 0.2) is 0 Å². The first kappa shape index (κ1) is 8.09. The van der Waals surface area contributed by atoms with Crippen molar-refractivity contribution < 1.29 is 4.79 Å². The molecular weight excluding hydrogens is 150 g/mol. The largest absolute Gasteiger partial charge is 0.355 e. The van der Waals surface area contributed by atoms with Gasteiger partial charge in [-0.2, -0.15) is 0 Å². The molecule has 1 N–H and O–H groups in total. The predicted octanol–water partition coefficient (Wildman–Crippen LogP) is 1.56. The normalized spacial score (nSPS) is 35.8. The molecule has 2 aliphatic carbocycles. The molecule has 2 atom stereocenters. The lowest BCUT2D eigenvalue weighted by molar-refractivity contribution is -0.122. The highest BCUT2D eigenvalue weighted by Gasteiger charge is 2.42. The van der Waals surface area contributed by atoms with Crippen molar-refractivity contribution in [2.75, 3.05) is 6.54 Å². The molecule has 0 bridgehead atoms. The number of rotatable bonds is 3. The van der Waals surface area contributed by atoms with Crippen LogP contribution in [0.3, 0.4) is 0 Å². The van der Waals surface area contributed by atoms with Crippen LogP contribution in [-0.2, 0) is 4.79 Å². The third kappa shape index (κ3) is 1.62. The fraction of sp³-hybridized carbons (Fsp3) is 0.900. The van der Waals surface area contributed by atoms with Crippen molar-refractivity contribution in [2.24, 2.45) is 17.3 Å². The van der Waals surface area contributed by atoms with Crippen molar-refractivity contribution in [1.82, 2.24) is 5.32 Å². The van der Waals surface area contributed by atoms with E-state index in [1.54, 1.807) is 0 Å². The van der Waals surface area contributed by atoms with Gasteiger partial charge in [0.05, 0.1) is 0 Å². The number of nitrogens with one attached hydrogen (secondary N) is 1. The zero-order valence-corrected chi connectivity index (χ0v) is 7.89. The lowest BCUT2D eigenvalue weighted by Gasteiger charge is -2.09. The van der Waals surface area contributed by atoms with Gasteiger partial charge in [-0.25, -0.2) is 0 Å². The monoisotopic (exact) mass is 167 g/mol. The van der Waals surface area contributed by atoms with Crippen LogP contribution in [0, 0.1) is 17.3 Å². The Morgan fingerprint density at radius 3 is 2.58 bits per heavy atom. The molecule has 0 radical (unpaired) electrons. The number of hydrogen-bond acceptors (Lipinski definition) is 1. The molecule has 68 valence electrons. The van der Waals surface area contributed by atoms with E-state index in [2.05, 4.69) is 19.2 Å². The zero-order valence-electron chi connectivity index (χ0n) is 7.89. The van der Waals surface area contributed by atoms with E-state index in [1.807, 2.05) is 0 Å². The van der Waals surface area contributed by atoms with Crippen molar-refractivity contribution in [3.05, 3.63) is 0 Å². The summed E-state index contributed by atoms with van der Waals surface area (Å²) in [5.74, 6) is 1.26. The number of amides is 1. The Balaban J connectivity index is 1.69. The summed E-state index contributed by atoms with van der Waals surface area (Å²) in [6.07, 6.45) is 3.67. The highest BCUT2D eigenvalue weighted by atomic mass is 16.2. The van der Waals surface area contributed by atoms with E-state index < -0.39 is 0 Å². The Kier molecular flexibility index (Phi) is 1.67. The summed E-state index contributed by atoms with van der Waals surface area (Å²) >= 11 is 0. The van der Waals surface area contributed by atoms with Crippen molar-refractivity contribution in [3.8, 4) is 0 Å². The fourth-order valence-corrected chi connectivity index (χ4v) is 1.51. The van der Waals surface area contributed by atoms with Crippen molar-refractivity contribution in [3.63, 3.8) is 0 Å². The van der Waals surface area contributed by atoms with E-state index in [0.29, 0.717) is 17.3 Å². The van der Waals surface area contributed by atoms with Gasteiger partial charge in [0.25, 0.3) is 0 Å². The minimum Gasteiger partial charge on any atom is -0.355 e. The average molecular weight is 167 g/mol. The van der Waals surface area contributed by atoms with Crippen LogP contribution >= 0.6 is 0 Å². The molecular formula is C10H17NO. The summed E-state index contributed by atoms with van der Waals surface area (Å²) in [5, 5.41) is 3.04. The van der Waals surface area contributed by atoms with Gasteiger partial charge in [0, 0.05) is 12.5 Å². The van der Waals surface area contributed by atoms with E-state index in [-0.39, 0.29) is 5.91 Å². The molecule has 0 spiro atoms. The van der Waals surface area contributed by atoms with Crippen LogP contribution in [0.5, 0.6) is 0 Å². The van der Waals surface area contributed by atoms with E-state index in [4.69, 9.17) is 0 Å². The van der Waals surface area contributed by atoms with E-state index in [0.717, 1.165) is 13.0 Å². The van der Waals surface area contributed by atoms with Gasteiger partial charge in [-0.1, -0.05) is 13.8 Å². The first-order chi connectivity index (χ1) is 5.61. The molecule has 0 unspecified atom stereocenters. The SMILES string of the molecule is C[C@H]1C[C@@H]1C(=O)NCC1(C)CC1. The fourth-order valence-electron chi connectivity index (χ4n) is 1.51. The van der Waals surface area contributed by atoms with Crippen molar-refractivity contribution >= 4 is 5.91 Å². The summed E-state index contributed by atoms with van der Waals surface area (Å²) in [6, 6.07) is 0. The van der Waals surface area contributed by atoms with Crippen LogP contribution < -0.4 is 5.32 Å². The molecule has 0 aromatic rings. The van der Waals surface area contributed by atoms with Crippen LogP contribution in [-0.4, -0.2) is 12.5 Å². The molecule has 0 aromatic carbocycles. The lowest BCUT2D eigenvalue weighted by atomic mass is 10.1. The van der Waals surface area contributed by atoms with Crippen LogP contribution in [0.4, 0.5) is 0 Å². The second-order valence-corrected chi connectivity index (χ2v) is 4.85. The lowest BCUT2D eigenvalue weighted by Crippen LogP contribution is -2.30. The summed E-state index contributed by atoms with van der Waals surface area (Å²) < 4.78 is 0. The molecule has 0 aliphatic heterocycles. The minimum absolute atomic E-state index is 0.288. The van der Waals surface area contributed by atoms with Gasteiger partial charge in [0.1, 0.15) is 0 Å². The maximum atomic E-state index is 11.4. The second kappa shape index (κ2) is 2.48. The zero-order chi connectivity index (χ0) is 8.77. The first-order valence-corrected chi connectivity index (χ1v) is 4.88. The molecule has 2 saturated carbocycles.